The van der Waals surface area contributed by atoms with Crippen LogP contribution in [0.4, 0.5) is 4.39 Å². The second kappa shape index (κ2) is 6.88. The third-order valence-electron chi connectivity index (χ3n) is 5.50. The molecule has 0 saturated carbocycles. The van der Waals surface area contributed by atoms with E-state index in [4.69, 9.17) is 0 Å². The highest BCUT2D eigenvalue weighted by Crippen LogP contribution is 2.34. The van der Waals surface area contributed by atoms with Crippen LogP contribution in [-0.2, 0) is 0 Å². The minimum absolute atomic E-state index is 0.244. The summed E-state index contributed by atoms with van der Waals surface area (Å²) in [5.74, 6) is -0.244. The van der Waals surface area contributed by atoms with Crippen LogP contribution in [0.1, 0.15) is 0 Å². The van der Waals surface area contributed by atoms with Gasteiger partial charge in [-0.2, -0.15) is 5.10 Å². The number of hydrogen-bond donors (Lipinski definition) is 2. The van der Waals surface area contributed by atoms with E-state index in [0.717, 1.165) is 55.6 Å². The third kappa shape index (κ3) is 2.97. The molecule has 0 aliphatic carbocycles. The summed E-state index contributed by atoms with van der Waals surface area (Å²) in [5.41, 5.74) is 7.47. The van der Waals surface area contributed by atoms with Crippen molar-refractivity contribution in [2.75, 3.05) is 0 Å². The minimum atomic E-state index is -0.244. The molecule has 0 bridgehead atoms. The van der Waals surface area contributed by atoms with Gasteiger partial charge < -0.3 is 4.98 Å². The molecule has 2 N–H and O–H groups in total. The molecule has 0 atom stereocenters. The van der Waals surface area contributed by atoms with Crippen LogP contribution in [0.15, 0.2) is 85.3 Å². The first kappa shape index (κ1) is 17.5. The Morgan fingerprint density at radius 3 is 2.45 bits per heavy atom. The summed E-state index contributed by atoms with van der Waals surface area (Å²) in [4.78, 5) is 12.1. The normalized spacial score (nSPS) is 11.4. The quantitative estimate of drug-likeness (QED) is 0.381. The van der Waals surface area contributed by atoms with Crippen molar-refractivity contribution in [1.29, 1.82) is 0 Å². The molecule has 0 amide bonds. The summed E-state index contributed by atoms with van der Waals surface area (Å²) in [6.45, 7) is 0. The van der Waals surface area contributed by atoms with Crippen molar-refractivity contribution in [2.24, 2.45) is 0 Å². The van der Waals surface area contributed by atoms with E-state index in [1.54, 1.807) is 24.5 Å². The van der Waals surface area contributed by atoms with Crippen molar-refractivity contribution in [1.82, 2.24) is 25.1 Å². The summed E-state index contributed by atoms with van der Waals surface area (Å²) in [6.07, 6.45) is 5.37. The van der Waals surface area contributed by atoms with Crippen LogP contribution in [0, 0.1) is 5.82 Å². The van der Waals surface area contributed by atoms with Gasteiger partial charge in [0.1, 0.15) is 11.5 Å². The van der Waals surface area contributed by atoms with E-state index >= 15 is 0 Å². The summed E-state index contributed by atoms with van der Waals surface area (Å²) in [5, 5.41) is 9.54. The van der Waals surface area contributed by atoms with Crippen molar-refractivity contribution >= 4 is 21.9 Å². The maximum atomic E-state index is 13.4. The number of nitrogens with zero attached hydrogens (tertiary/aromatic N) is 3. The molecule has 31 heavy (non-hydrogen) atoms. The van der Waals surface area contributed by atoms with Gasteiger partial charge in [-0.25, -0.2) is 9.37 Å². The third-order valence-corrected chi connectivity index (χ3v) is 5.50. The van der Waals surface area contributed by atoms with Gasteiger partial charge in [0.2, 0.25) is 0 Å². The van der Waals surface area contributed by atoms with Crippen molar-refractivity contribution in [3.63, 3.8) is 0 Å². The average Bonchev–Trinajstić information content (AvgIpc) is 3.43. The number of fused-ring (bicyclic) bond motifs is 2. The van der Waals surface area contributed by atoms with Gasteiger partial charge in [0.05, 0.1) is 5.69 Å². The second-order valence-electron chi connectivity index (χ2n) is 7.38. The molecular weight excluding hydrogens is 389 g/mol. The lowest BCUT2D eigenvalue weighted by Crippen LogP contribution is -1.83. The van der Waals surface area contributed by atoms with Crippen molar-refractivity contribution in [2.45, 2.75) is 0 Å². The zero-order valence-corrected chi connectivity index (χ0v) is 16.3. The number of halogens is 1. The summed E-state index contributed by atoms with van der Waals surface area (Å²) in [7, 11) is 0. The van der Waals surface area contributed by atoms with Gasteiger partial charge in [-0.3, -0.25) is 10.1 Å². The number of benzene rings is 2. The van der Waals surface area contributed by atoms with Crippen LogP contribution in [0.3, 0.4) is 0 Å². The maximum absolute atomic E-state index is 13.4. The lowest BCUT2D eigenvalue weighted by Gasteiger charge is -2.03. The Hall–Kier alpha value is -4.32. The number of nitrogens with one attached hydrogen (secondary N) is 2. The predicted octanol–water partition coefficient (Wildman–Crippen LogP) is 5.97. The van der Waals surface area contributed by atoms with Crippen molar-refractivity contribution in [3.8, 4) is 33.6 Å². The van der Waals surface area contributed by atoms with Crippen LogP contribution < -0.4 is 0 Å². The van der Waals surface area contributed by atoms with E-state index < -0.39 is 0 Å². The molecule has 0 radical (unpaired) electrons. The molecule has 6 heteroatoms. The van der Waals surface area contributed by atoms with Gasteiger partial charge in [-0.05, 0) is 59.2 Å². The molecule has 0 spiro atoms. The molecule has 4 aromatic heterocycles. The lowest BCUT2D eigenvalue weighted by molar-refractivity contribution is 0.628. The van der Waals surface area contributed by atoms with Crippen LogP contribution in [0.2, 0.25) is 0 Å². The fourth-order valence-electron chi connectivity index (χ4n) is 3.97. The Morgan fingerprint density at radius 1 is 0.774 bits per heavy atom. The number of aromatic amines is 2. The van der Waals surface area contributed by atoms with E-state index in [-0.39, 0.29) is 5.82 Å². The fourth-order valence-corrected chi connectivity index (χ4v) is 3.97. The van der Waals surface area contributed by atoms with E-state index in [1.165, 1.54) is 12.1 Å². The highest BCUT2D eigenvalue weighted by Gasteiger charge is 2.15. The number of hydrogen-bond acceptors (Lipinski definition) is 3. The second-order valence-corrected chi connectivity index (χ2v) is 7.38. The minimum Gasteiger partial charge on any atom is -0.353 e. The molecule has 5 nitrogen and oxygen atoms in total. The maximum Gasteiger partial charge on any atom is 0.155 e. The Balaban J connectivity index is 1.51. The zero-order valence-electron chi connectivity index (χ0n) is 16.3. The van der Waals surface area contributed by atoms with Gasteiger partial charge in [0.25, 0.3) is 0 Å². The Bertz CT molecular complexity index is 1530. The molecule has 0 aliphatic heterocycles. The number of pyridine rings is 2. The standard InChI is InChI=1S/C25H16FN5/c26-18-6-4-16(5-7-18)19-2-1-3-22-20(19)13-23(29-22)24-21-12-17(14-28-25(21)31-30-24)15-8-10-27-11-9-15/h1-14,29H,(H,28,30,31). The Labute approximate surface area is 176 Å². The molecule has 0 aliphatic rings. The van der Waals surface area contributed by atoms with Crippen LogP contribution in [-0.4, -0.2) is 25.1 Å². The Morgan fingerprint density at radius 2 is 1.61 bits per heavy atom. The Kier molecular flexibility index (Phi) is 3.89. The van der Waals surface area contributed by atoms with E-state index in [1.807, 2.05) is 36.5 Å². The molecule has 0 saturated heterocycles. The highest BCUT2D eigenvalue weighted by molar-refractivity contribution is 6.01. The van der Waals surface area contributed by atoms with Crippen LogP contribution >= 0.6 is 0 Å². The van der Waals surface area contributed by atoms with Crippen LogP contribution in [0.25, 0.3) is 55.6 Å². The average molecular weight is 405 g/mol. The van der Waals surface area contributed by atoms with Gasteiger partial charge in [0, 0.05) is 40.4 Å². The summed E-state index contributed by atoms with van der Waals surface area (Å²) in [6, 6.07) is 20.7. The van der Waals surface area contributed by atoms with Crippen molar-refractivity contribution in [3.05, 3.63) is 91.1 Å². The van der Waals surface area contributed by atoms with Gasteiger partial charge >= 0.3 is 0 Å². The van der Waals surface area contributed by atoms with Gasteiger partial charge in [0.15, 0.2) is 5.65 Å². The fraction of sp³-hybridized carbons (Fsp3) is 0. The number of rotatable bonds is 3. The summed E-state index contributed by atoms with van der Waals surface area (Å²) >= 11 is 0. The smallest absolute Gasteiger partial charge is 0.155 e. The topological polar surface area (TPSA) is 70.2 Å². The SMILES string of the molecule is Fc1ccc(-c2cccc3[nH]c(-c4n[nH]c5ncc(-c6ccncc6)cc45)cc23)cc1. The highest BCUT2D eigenvalue weighted by atomic mass is 19.1. The zero-order chi connectivity index (χ0) is 20.8. The molecule has 0 fully saturated rings. The molecule has 4 heterocycles. The first-order chi connectivity index (χ1) is 15.3. The van der Waals surface area contributed by atoms with Gasteiger partial charge in [-0.1, -0.05) is 24.3 Å². The molecular formula is C25H16FN5. The largest absolute Gasteiger partial charge is 0.353 e. The number of aromatic nitrogens is 5. The predicted molar refractivity (Wildman–Crippen MR) is 120 cm³/mol. The first-order valence-electron chi connectivity index (χ1n) is 9.89. The number of H-pyrrole nitrogens is 2. The van der Waals surface area contributed by atoms with Crippen LogP contribution in [0.5, 0.6) is 0 Å². The molecule has 2 aromatic carbocycles. The first-order valence-corrected chi connectivity index (χ1v) is 9.89. The van der Waals surface area contributed by atoms with E-state index in [2.05, 4.69) is 37.3 Å². The van der Waals surface area contributed by atoms with Crippen molar-refractivity contribution < 1.29 is 4.39 Å². The van der Waals surface area contributed by atoms with E-state index in [9.17, 15) is 4.39 Å². The van der Waals surface area contributed by atoms with Gasteiger partial charge in [-0.15, -0.1) is 0 Å². The molecule has 6 aromatic rings. The molecule has 148 valence electrons. The lowest BCUT2D eigenvalue weighted by atomic mass is 10.0. The molecule has 6 rings (SSSR count). The van der Waals surface area contributed by atoms with E-state index in [0.29, 0.717) is 0 Å². The summed E-state index contributed by atoms with van der Waals surface area (Å²) < 4.78 is 13.4. The monoisotopic (exact) mass is 405 g/mol. The molecule has 0 unspecified atom stereocenters.